The number of hydrogen-bond donors (Lipinski definition) is 1. The number of nitrogens with zero attached hydrogens (tertiary/aromatic N) is 6. The maximum absolute atomic E-state index is 5.55. The molecule has 31 heavy (non-hydrogen) atoms. The monoisotopic (exact) mass is 437 g/mol. The lowest BCUT2D eigenvalue weighted by Gasteiger charge is -2.25. The number of aromatic nitrogens is 6. The molecule has 4 aromatic heterocycles. The van der Waals surface area contributed by atoms with Gasteiger partial charge < -0.3 is 14.6 Å². The molecule has 0 saturated carbocycles. The van der Waals surface area contributed by atoms with E-state index in [1.54, 1.807) is 0 Å². The number of pyridine rings is 1. The second kappa shape index (κ2) is 7.84. The average molecular weight is 437 g/mol. The summed E-state index contributed by atoms with van der Waals surface area (Å²) in [4.78, 5) is 13.9. The minimum absolute atomic E-state index is 0.0762. The van der Waals surface area contributed by atoms with Gasteiger partial charge in [0.2, 0.25) is 5.95 Å². The summed E-state index contributed by atoms with van der Waals surface area (Å²) in [5.74, 6) is 1.62. The van der Waals surface area contributed by atoms with Crippen molar-refractivity contribution < 1.29 is 4.74 Å². The third-order valence-electron chi connectivity index (χ3n) is 5.71. The van der Waals surface area contributed by atoms with Crippen LogP contribution in [0.4, 0.5) is 5.95 Å². The molecule has 1 aliphatic rings. The molecule has 1 N–H and O–H groups in total. The largest absolute Gasteiger partial charge is 0.381 e. The molecule has 0 radical (unpaired) electrons. The first-order valence-electron chi connectivity index (χ1n) is 10.7. The van der Waals surface area contributed by atoms with E-state index in [1.807, 2.05) is 23.1 Å². The molecule has 0 aliphatic carbocycles. The fourth-order valence-electron chi connectivity index (χ4n) is 4.17. The van der Waals surface area contributed by atoms with Crippen LogP contribution in [0.3, 0.4) is 0 Å². The van der Waals surface area contributed by atoms with Crippen molar-refractivity contribution in [1.29, 1.82) is 0 Å². The molecule has 1 saturated heterocycles. The van der Waals surface area contributed by atoms with E-state index in [0.717, 1.165) is 66.2 Å². The topological polar surface area (TPSA) is 82.2 Å². The van der Waals surface area contributed by atoms with Crippen molar-refractivity contribution in [2.24, 2.45) is 0 Å². The van der Waals surface area contributed by atoms with E-state index in [-0.39, 0.29) is 5.16 Å². The maximum Gasteiger partial charge on any atom is 0.241 e. The summed E-state index contributed by atoms with van der Waals surface area (Å²) in [5, 5.41) is 7.99. The van der Waals surface area contributed by atoms with Gasteiger partial charge in [-0.05, 0) is 37.1 Å². The maximum atomic E-state index is 5.55. The van der Waals surface area contributed by atoms with E-state index in [1.165, 1.54) is 0 Å². The Morgan fingerprint density at radius 3 is 2.77 bits per heavy atom. The predicted octanol–water partition coefficient (Wildman–Crippen LogP) is 3.87. The summed E-state index contributed by atoms with van der Waals surface area (Å²) >= 11 is 0. The third-order valence-corrected chi connectivity index (χ3v) is 5.91. The summed E-state index contributed by atoms with van der Waals surface area (Å²) < 4.78 is 9.75. The van der Waals surface area contributed by atoms with Gasteiger partial charge in [-0.3, -0.25) is 0 Å². The molecular formula is C22H28N7OP. The smallest absolute Gasteiger partial charge is 0.241 e. The molecule has 0 bridgehead atoms. The van der Waals surface area contributed by atoms with Crippen LogP contribution in [0, 0.1) is 6.92 Å². The Kier molecular flexibility index (Phi) is 5.15. The number of imidazole rings is 1. The quantitative estimate of drug-likeness (QED) is 0.478. The van der Waals surface area contributed by atoms with Gasteiger partial charge in [0.05, 0.1) is 17.2 Å². The zero-order valence-corrected chi connectivity index (χ0v) is 19.3. The molecule has 1 unspecified atom stereocenters. The Labute approximate surface area is 183 Å². The number of nitrogens with one attached hydrogen (secondary N) is 1. The molecule has 0 spiro atoms. The number of rotatable bonds is 5. The van der Waals surface area contributed by atoms with E-state index in [2.05, 4.69) is 67.1 Å². The Hall–Kier alpha value is -2.57. The van der Waals surface area contributed by atoms with E-state index in [0.29, 0.717) is 12.0 Å². The number of anilines is 1. The van der Waals surface area contributed by atoms with E-state index < -0.39 is 0 Å². The lowest BCUT2D eigenvalue weighted by atomic mass is 10.1. The highest BCUT2D eigenvalue weighted by molar-refractivity contribution is 7.18. The van der Waals surface area contributed by atoms with Crippen molar-refractivity contribution in [1.82, 2.24) is 29.1 Å². The molecule has 4 aromatic rings. The molecule has 162 valence electrons. The van der Waals surface area contributed by atoms with Gasteiger partial charge in [0.25, 0.3) is 0 Å². The normalized spacial score (nSPS) is 15.7. The van der Waals surface area contributed by atoms with Gasteiger partial charge in [0.1, 0.15) is 5.82 Å². The highest BCUT2D eigenvalue weighted by Gasteiger charge is 2.21. The van der Waals surface area contributed by atoms with Crippen LogP contribution in [0.2, 0.25) is 0 Å². The fraction of sp³-hybridized carbons (Fsp3) is 0.455. The lowest BCUT2D eigenvalue weighted by molar-refractivity contribution is 0.0701. The number of aryl methyl sites for hydroxylation is 1. The molecule has 1 aliphatic heterocycles. The first-order chi connectivity index (χ1) is 14.9. The van der Waals surface area contributed by atoms with Crippen LogP contribution in [0.5, 0.6) is 0 Å². The predicted molar refractivity (Wildman–Crippen MR) is 126 cm³/mol. The van der Waals surface area contributed by atoms with Crippen LogP contribution in [0.25, 0.3) is 27.8 Å². The third kappa shape index (κ3) is 4.02. The Morgan fingerprint density at radius 1 is 1.19 bits per heavy atom. The van der Waals surface area contributed by atoms with Gasteiger partial charge in [-0.1, -0.05) is 13.8 Å². The summed E-state index contributed by atoms with van der Waals surface area (Å²) in [7, 11) is 2.83. The van der Waals surface area contributed by atoms with Gasteiger partial charge in [-0.2, -0.15) is 0 Å². The van der Waals surface area contributed by atoms with Crippen molar-refractivity contribution in [2.75, 3.05) is 25.1 Å². The Morgan fingerprint density at radius 2 is 2.00 bits per heavy atom. The van der Waals surface area contributed by atoms with Crippen LogP contribution in [0.15, 0.2) is 30.7 Å². The van der Waals surface area contributed by atoms with Gasteiger partial charge >= 0.3 is 0 Å². The van der Waals surface area contributed by atoms with Crippen molar-refractivity contribution in [2.45, 2.75) is 44.8 Å². The Balaban J connectivity index is 1.51. The fourth-order valence-corrected chi connectivity index (χ4v) is 4.28. The van der Waals surface area contributed by atoms with Crippen LogP contribution in [-0.2, 0) is 4.74 Å². The molecule has 8 nitrogen and oxygen atoms in total. The highest BCUT2D eigenvalue weighted by Crippen LogP contribution is 2.31. The molecule has 1 atom stereocenters. The number of hydrogen-bond acceptors (Lipinski definition) is 6. The molecule has 5 heterocycles. The lowest BCUT2D eigenvalue weighted by Crippen LogP contribution is -2.23. The first-order valence-corrected chi connectivity index (χ1v) is 11.3. The van der Waals surface area contributed by atoms with Crippen molar-refractivity contribution in [3.05, 3.63) is 36.5 Å². The average Bonchev–Trinajstić information content (AvgIpc) is 3.31. The zero-order valence-electron chi connectivity index (χ0n) is 18.2. The van der Waals surface area contributed by atoms with Gasteiger partial charge in [0.15, 0.2) is 5.65 Å². The summed E-state index contributed by atoms with van der Waals surface area (Å²) in [5.41, 5.74) is 4.91. The van der Waals surface area contributed by atoms with E-state index in [4.69, 9.17) is 9.72 Å². The minimum Gasteiger partial charge on any atom is -0.381 e. The van der Waals surface area contributed by atoms with Gasteiger partial charge in [0, 0.05) is 49.3 Å². The molecule has 0 amide bonds. The number of fused-ring (bicyclic) bond motifs is 2. The Bertz CT molecular complexity index is 1230. The second-order valence-corrected chi connectivity index (χ2v) is 10.5. The SMILES string of the molecule is Cc1nc2ncc(-c3ccn4nc(NCC(C)(C)P)ncc34)cc2n1C1CCOCC1. The summed E-state index contributed by atoms with van der Waals surface area (Å²) in [6.45, 7) is 8.71. The van der Waals surface area contributed by atoms with Crippen LogP contribution >= 0.6 is 9.24 Å². The zero-order chi connectivity index (χ0) is 21.6. The molecule has 0 aromatic carbocycles. The summed E-state index contributed by atoms with van der Waals surface area (Å²) in [6.07, 6.45) is 7.73. The minimum atomic E-state index is 0.0762. The van der Waals surface area contributed by atoms with Crippen molar-refractivity contribution >= 4 is 31.9 Å². The first kappa shape index (κ1) is 20.3. The van der Waals surface area contributed by atoms with Gasteiger partial charge in [-0.15, -0.1) is 14.3 Å². The van der Waals surface area contributed by atoms with E-state index >= 15 is 0 Å². The number of ether oxygens (including phenoxy) is 1. The van der Waals surface area contributed by atoms with Crippen molar-refractivity contribution in [3.8, 4) is 11.1 Å². The van der Waals surface area contributed by atoms with Crippen LogP contribution in [0.1, 0.15) is 38.6 Å². The van der Waals surface area contributed by atoms with E-state index in [9.17, 15) is 0 Å². The second-order valence-electron chi connectivity index (χ2n) is 8.92. The standard InChI is InChI=1S/C22H28N7OP/c1-14-26-20-18(29(14)16-5-8-30-9-6-16)10-15(11-23-20)17-4-7-28-19(17)12-24-21(27-28)25-13-22(2,3)31/h4,7,10-12,16H,5-6,8-9,13,31H2,1-3H3,(H,25,27). The van der Waals surface area contributed by atoms with Crippen molar-refractivity contribution in [3.63, 3.8) is 0 Å². The molecule has 5 rings (SSSR count). The van der Waals surface area contributed by atoms with Gasteiger partial charge in [-0.25, -0.2) is 19.5 Å². The summed E-state index contributed by atoms with van der Waals surface area (Å²) in [6, 6.07) is 4.66. The molecule has 1 fully saturated rings. The van der Waals surface area contributed by atoms with Crippen LogP contribution < -0.4 is 5.32 Å². The molecule has 9 heteroatoms. The van der Waals surface area contributed by atoms with Crippen LogP contribution in [-0.4, -0.2) is 54.0 Å². The highest BCUT2D eigenvalue weighted by atomic mass is 31.0. The molecular weight excluding hydrogens is 409 g/mol.